The number of nitriles is 1. The molecule has 4 N–H and O–H groups in total. The van der Waals surface area contributed by atoms with Crippen molar-refractivity contribution >= 4 is 22.8 Å². The smallest absolute Gasteiger partial charge is 0.161 e. The maximum Gasteiger partial charge on any atom is 0.161 e. The summed E-state index contributed by atoms with van der Waals surface area (Å²) in [5.74, 6) is 0. The zero-order valence-electron chi connectivity index (χ0n) is 8.57. The van der Waals surface area contributed by atoms with Crippen molar-refractivity contribution in [3.8, 4) is 6.07 Å². The molecule has 0 atom stereocenters. The first-order valence-electron chi connectivity index (χ1n) is 4.66. The second-order valence-corrected chi connectivity index (χ2v) is 4.45. The summed E-state index contributed by atoms with van der Waals surface area (Å²) in [7, 11) is 0. The molecule has 0 bridgehead atoms. The van der Waals surface area contributed by atoms with E-state index in [9.17, 15) is 0 Å². The fraction of sp³-hybridized carbons (Fsp3) is 0.300. The third-order valence-corrected chi connectivity index (χ3v) is 2.63. The van der Waals surface area contributed by atoms with Crippen LogP contribution in [0.25, 0.3) is 0 Å². The van der Waals surface area contributed by atoms with Crippen LogP contribution in [0.3, 0.4) is 0 Å². The van der Waals surface area contributed by atoms with E-state index in [1.54, 1.807) is 6.07 Å². The standard InChI is InChI=1S/C10H8ClN.H4N2OS/c11-10-5-7(6-12)4-8-2-1-3-9(8)10;1-4(2)3/h4-5H,1-3H2;1-2H2. The summed E-state index contributed by atoms with van der Waals surface area (Å²) >= 11 is 4.39. The van der Waals surface area contributed by atoms with Crippen LogP contribution >= 0.6 is 11.6 Å². The van der Waals surface area contributed by atoms with Gasteiger partial charge in [0.15, 0.2) is 11.2 Å². The molecule has 1 aliphatic rings. The normalized spacial score (nSPS) is 12.7. The van der Waals surface area contributed by atoms with E-state index in [0.717, 1.165) is 17.9 Å². The Labute approximate surface area is 102 Å². The Morgan fingerprint density at radius 1 is 1.38 bits per heavy atom. The number of aryl methyl sites for hydroxylation is 1. The Hall–Kier alpha value is -0.930. The lowest BCUT2D eigenvalue weighted by Crippen LogP contribution is -2.11. The Balaban J connectivity index is 0.000000280. The van der Waals surface area contributed by atoms with E-state index < -0.39 is 11.2 Å². The van der Waals surface area contributed by atoms with Gasteiger partial charge in [0.1, 0.15) is 0 Å². The molecule has 1 aromatic carbocycles. The molecule has 86 valence electrons. The molecule has 1 aliphatic carbocycles. The first-order chi connectivity index (χ1) is 7.54. The fourth-order valence-corrected chi connectivity index (χ4v) is 2.05. The third kappa shape index (κ3) is 3.58. The van der Waals surface area contributed by atoms with E-state index in [1.165, 1.54) is 17.5 Å². The summed E-state index contributed by atoms with van der Waals surface area (Å²) in [4.78, 5) is 0. The molecule has 16 heavy (non-hydrogen) atoms. The van der Waals surface area contributed by atoms with Crippen molar-refractivity contribution in [2.45, 2.75) is 19.3 Å². The van der Waals surface area contributed by atoms with Crippen molar-refractivity contribution in [2.75, 3.05) is 0 Å². The molecule has 1 aromatic rings. The SMILES string of the molecule is N#Cc1cc(Cl)c2c(c1)CCC2.NS(N)=O. The minimum Gasteiger partial charge on any atom is -0.239 e. The Bertz CT molecular complexity index is 452. The molecule has 6 heteroatoms. The van der Waals surface area contributed by atoms with Gasteiger partial charge in [-0.1, -0.05) is 11.6 Å². The van der Waals surface area contributed by atoms with Gasteiger partial charge >= 0.3 is 0 Å². The first-order valence-corrected chi connectivity index (χ1v) is 6.32. The average Bonchev–Trinajstić information content (AvgIpc) is 2.65. The molecule has 0 heterocycles. The Morgan fingerprint density at radius 2 is 2.00 bits per heavy atom. The fourth-order valence-electron chi connectivity index (χ4n) is 1.72. The third-order valence-electron chi connectivity index (χ3n) is 2.29. The lowest BCUT2D eigenvalue weighted by molar-refractivity contribution is 0.685. The lowest BCUT2D eigenvalue weighted by Gasteiger charge is -2.01. The van der Waals surface area contributed by atoms with Crippen molar-refractivity contribution in [1.82, 2.24) is 0 Å². The molecule has 4 nitrogen and oxygen atoms in total. The van der Waals surface area contributed by atoms with Crippen molar-refractivity contribution in [3.05, 3.63) is 33.8 Å². The summed E-state index contributed by atoms with van der Waals surface area (Å²) in [5.41, 5.74) is 3.19. The highest BCUT2D eigenvalue weighted by molar-refractivity contribution is 7.80. The van der Waals surface area contributed by atoms with Gasteiger partial charge in [-0.2, -0.15) is 5.26 Å². The largest absolute Gasteiger partial charge is 0.239 e. The van der Waals surface area contributed by atoms with Gasteiger partial charge in [0.2, 0.25) is 0 Å². The Morgan fingerprint density at radius 3 is 2.56 bits per heavy atom. The van der Waals surface area contributed by atoms with Crippen LogP contribution in [-0.4, -0.2) is 4.21 Å². The van der Waals surface area contributed by atoms with Crippen LogP contribution in [0.5, 0.6) is 0 Å². The second-order valence-electron chi connectivity index (χ2n) is 3.39. The highest BCUT2D eigenvalue weighted by atomic mass is 35.5. The highest BCUT2D eigenvalue weighted by Gasteiger charge is 2.14. The van der Waals surface area contributed by atoms with Gasteiger partial charge in [0, 0.05) is 5.02 Å². The monoisotopic (exact) mass is 257 g/mol. The molecule has 0 unspecified atom stereocenters. The van der Waals surface area contributed by atoms with Crippen molar-refractivity contribution in [3.63, 3.8) is 0 Å². The topological polar surface area (TPSA) is 92.9 Å². The van der Waals surface area contributed by atoms with E-state index >= 15 is 0 Å². The number of nitrogens with zero attached hydrogens (tertiary/aromatic N) is 1. The molecule has 0 spiro atoms. The average molecular weight is 258 g/mol. The number of benzene rings is 1. The number of hydrogen-bond acceptors (Lipinski definition) is 2. The van der Waals surface area contributed by atoms with Crippen LogP contribution in [0, 0.1) is 11.3 Å². The summed E-state index contributed by atoms with van der Waals surface area (Å²) < 4.78 is 9.11. The van der Waals surface area contributed by atoms with Crippen LogP contribution in [0.4, 0.5) is 0 Å². The van der Waals surface area contributed by atoms with E-state index in [0.29, 0.717) is 5.56 Å². The molecular weight excluding hydrogens is 246 g/mol. The number of hydrogen-bond donors (Lipinski definition) is 2. The van der Waals surface area contributed by atoms with Gasteiger partial charge in [-0.05, 0) is 42.5 Å². The molecule has 2 rings (SSSR count). The second kappa shape index (κ2) is 5.97. The van der Waals surface area contributed by atoms with E-state index in [2.05, 4.69) is 16.3 Å². The first kappa shape index (κ1) is 13.1. The van der Waals surface area contributed by atoms with Gasteiger partial charge in [-0.25, -0.2) is 14.5 Å². The number of rotatable bonds is 0. The van der Waals surface area contributed by atoms with E-state index in [1.807, 2.05) is 6.07 Å². The maximum absolute atomic E-state index is 9.11. The highest BCUT2D eigenvalue weighted by Crippen LogP contribution is 2.29. The predicted molar refractivity (Wildman–Crippen MR) is 64.7 cm³/mol. The summed E-state index contributed by atoms with van der Waals surface area (Å²) in [6, 6.07) is 5.82. The van der Waals surface area contributed by atoms with Crippen LogP contribution in [0.2, 0.25) is 5.02 Å². The number of fused-ring (bicyclic) bond motifs is 1. The summed E-state index contributed by atoms with van der Waals surface area (Å²) in [6.45, 7) is 0. The van der Waals surface area contributed by atoms with Crippen molar-refractivity contribution in [2.24, 2.45) is 10.3 Å². The van der Waals surface area contributed by atoms with E-state index in [-0.39, 0.29) is 0 Å². The number of halogens is 1. The van der Waals surface area contributed by atoms with Gasteiger partial charge in [0.25, 0.3) is 0 Å². The molecule has 0 amide bonds. The molecule has 0 fully saturated rings. The summed E-state index contributed by atoms with van der Waals surface area (Å²) in [6.07, 6.45) is 3.31. The molecule has 0 aliphatic heterocycles. The molecule has 0 saturated heterocycles. The molecular formula is C10H12ClN3OS. The van der Waals surface area contributed by atoms with E-state index in [4.69, 9.17) is 21.1 Å². The minimum absolute atomic E-state index is 0.681. The lowest BCUT2D eigenvalue weighted by atomic mass is 10.1. The number of nitrogens with two attached hydrogens (primary N) is 2. The Kier molecular flexibility index (Phi) is 4.90. The maximum atomic E-state index is 9.11. The van der Waals surface area contributed by atoms with Gasteiger partial charge in [-0.15, -0.1) is 0 Å². The zero-order chi connectivity index (χ0) is 12.1. The quantitative estimate of drug-likeness (QED) is 0.730. The van der Waals surface area contributed by atoms with Crippen molar-refractivity contribution < 1.29 is 4.21 Å². The van der Waals surface area contributed by atoms with Gasteiger partial charge in [-0.3, -0.25) is 0 Å². The van der Waals surface area contributed by atoms with Crippen molar-refractivity contribution in [1.29, 1.82) is 5.26 Å². The molecule has 0 aromatic heterocycles. The van der Waals surface area contributed by atoms with Crippen LogP contribution in [0.15, 0.2) is 12.1 Å². The molecule has 0 saturated carbocycles. The zero-order valence-corrected chi connectivity index (χ0v) is 10.1. The van der Waals surface area contributed by atoms with Crippen LogP contribution < -0.4 is 10.3 Å². The van der Waals surface area contributed by atoms with Gasteiger partial charge in [0.05, 0.1) is 11.6 Å². The summed E-state index contributed by atoms with van der Waals surface area (Å²) in [5, 5.41) is 18.2. The minimum atomic E-state index is -1.61. The van der Waals surface area contributed by atoms with Crippen LogP contribution in [0.1, 0.15) is 23.1 Å². The van der Waals surface area contributed by atoms with Gasteiger partial charge < -0.3 is 0 Å². The predicted octanol–water partition coefficient (Wildman–Crippen LogP) is 1.18. The molecule has 0 radical (unpaired) electrons. The van der Waals surface area contributed by atoms with Crippen LogP contribution in [-0.2, 0) is 24.0 Å².